The van der Waals surface area contributed by atoms with Crippen molar-refractivity contribution in [3.05, 3.63) is 0 Å². The van der Waals surface area contributed by atoms with Crippen molar-refractivity contribution in [1.82, 2.24) is 0 Å². The number of rotatable bonds is 8. The summed E-state index contributed by atoms with van der Waals surface area (Å²) in [4.78, 5) is 23.2. The largest absolute Gasteiger partial charge is 0.479 e. The molecule has 4 aliphatic heterocycles. The molecular formula is C24H38O21. The molecule has 0 unspecified atom stereocenters. The Labute approximate surface area is 253 Å². The minimum atomic E-state index is -2.15. The zero-order valence-electron chi connectivity index (χ0n) is 23.6. The van der Waals surface area contributed by atoms with Gasteiger partial charge in [-0.1, -0.05) is 0 Å². The monoisotopic (exact) mass is 662 g/mol. The van der Waals surface area contributed by atoms with Crippen LogP contribution in [0.15, 0.2) is 0 Å². The Kier molecular flexibility index (Phi) is 11.4. The molecule has 0 aliphatic carbocycles. The number of carbonyl (C=O) groups is 2. The normalized spacial score (nSPS) is 52.7. The van der Waals surface area contributed by atoms with Crippen LogP contribution in [-0.4, -0.2) is 196 Å². The van der Waals surface area contributed by atoms with E-state index in [2.05, 4.69) is 0 Å². The Morgan fingerprint density at radius 3 is 1.27 bits per heavy atom. The lowest BCUT2D eigenvalue weighted by molar-refractivity contribution is -0.399. The molecule has 4 heterocycles. The van der Waals surface area contributed by atoms with Crippen molar-refractivity contribution < 1.29 is 104 Å². The number of ether oxygens (including phenoxy) is 7. The highest BCUT2D eigenvalue weighted by atomic mass is 16.8. The predicted molar refractivity (Wildman–Crippen MR) is 132 cm³/mol. The summed E-state index contributed by atoms with van der Waals surface area (Å²) < 4.78 is 38.3. The van der Waals surface area contributed by atoms with Crippen LogP contribution in [0.5, 0.6) is 0 Å². The first-order valence-corrected chi connectivity index (χ1v) is 13.8. The lowest BCUT2D eigenvalue weighted by Crippen LogP contribution is -2.68. The maximum Gasteiger partial charge on any atom is 0.335 e. The lowest BCUT2D eigenvalue weighted by atomic mass is 9.95. The molecule has 45 heavy (non-hydrogen) atoms. The second-order valence-corrected chi connectivity index (χ2v) is 11.2. The molecule has 21 heteroatoms. The summed E-state index contributed by atoms with van der Waals surface area (Å²) in [5.74, 6) is -3.54. The maximum absolute atomic E-state index is 11.6. The zero-order chi connectivity index (χ0) is 33.7. The van der Waals surface area contributed by atoms with Gasteiger partial charge in [-0.05, 0) is 13.8 Å². The van der Waals surface area contributed by atoms with Crippen LogP contribution in [0.1, 0.15) is 13.8 Å². The highest BCUT2D eigenvalue weighted by Gasteiger charge is 2.56. The van der Waals surface area contributed by atoms with Crippen molar-refractivity contribution in [3.8, 4) is 0 Å². The van der Waals surface area contributed by atoms with E-state index in [1.54, 1.807) is 0 Å². The van der Waals surface area contributed by atoms with E-state index in [1.165, 1.54) is 13.8 Å². The van der Waals surface area contributed by atoms with Gasteiger partial charge in [0.25, 0.3) is 0 Å². The first-order valence-electron chi connectivity index (χ1n) is 13.8. The highest BCUT2D eigenvalue weighted by molar-refractivity contribution is 5.73. The van der Waals surface area contributed by atoms with E-state index in [0.29, 0.717) is 0 Å². The van der Waals surface area contributed by atoms with Crippen molar-refractivity contribution in [3.63, 3.8) is 0 Å². The van der Waals surface area contributed by atoms with E-state index in [1.807, 2.05) is 0 Å². The van der Waals surface area contributed by atoms with Gasteiger partial charge < -0.3 is 94.4 Å². The molecule has 12 N–H and O–H groups in total. The second-order valence-electron chi connectivity index (χ2n) is 11.2. The van der Waals surface area contributed by atoms with Gasteiger partial charge in [-0.2, -0.15) is 0 Å². The third-order valence-electron chi connectivity index (χ3n) is 8.05. The Hall–Kier alpha value is -1.74. The number of aliphatic hydroxyl groups is 10. The van der Waals surface area contributed by atoms with Gasteiger partial charge >= 0.3 is 11.9 Å². The van der Waals surface area contributed by atoms with Crippen molar-refractivity contribution >= 4 is 11.9 Å². The minimum Gasteiger partial charge on any atom is -0.479 e. The molecule has 0 aromatic rings. The molecule has 0 aromatic heterocycles. The molecule has 20 atom stereocenters. The van der Waals surface area contributed by atoms with Crippen molar-refractivity contribution in [1.29, 1.82) is 0 Å². The first kappa shape index (κ1) is 36.1. The van der Waals surface area contributed by atoms with E-state index < -0.39 is 135 Å². The van der Waals surface area contributed by atoms with Gasteiger partial charge in [0.1, 0.15) is 73.2 Å². The standard InChI is InChI=1S/C24H38O21/c1-3-5(25)6(26)11(31)22(40-3)41-14-4(2)39-21(38)18(45-24-13(33)8(28)10(30)16(43-24)20(36)37)17(14)44-23-12(32)7(27)9(29)15(42-23)19(34)35/h3-18,21-33,38H,1-2H3,(H,34,35)(H,36,37)/t3-,4-,5+,6+,7-,8-,9+,10+,11-,12+,13+,14-,15-,16-,17+,18+,21+,22-,23-,24+/m0/s1. The summed E-state index contributed by atoms with van der Waals surface area (Å²) >= 11 is 0. The number of aliphatic carboxylic acids is 2. The van der Waals surface area contributed by atoms with Gasteiger partial charge in [-0.15, -0.1) is 0 Å². The molecule has 4 fully saturated rings. The molecule has 4 aliphatic rings. The van der Waals surface area contributed by atoms with Crippen LogP contribution in [0.25, 0.3) is 0 Å². The Bertz CT molecular complexity index is 1030. The van der Waals surface area contributed by atoms with Gasteiger partial charge in [0, 0.05) is 0 Å². The Balaban J connectivity index is 1.68. The van der Waals surface area contributed by atoms with Crippen LogP contribution in [-0.2, 0) is 42.7 Å². The maximum atomic E-state index is 11.6. The molecule has 21 nitrogen and oxygen atoms in total. The van der Waals surface area contributed by atoms with Gasteiger partial charge in [0.05, 0.1) is 12.2 Å². The average Bonchev–Trinajstić information content (AvgIpc) is 2.97. The van der Waals surface area contributed by atoms with Crippen molar-refractivity contribution in [2.24, 2.45) is 0 Å². The summed E-state index contributed by atoms with van der Waals surface area (Å²) in [7, 11) is 0. The molecule has 4 saturated heterocycles. The molecule has 0 saturated carbocycles. The highest BCUT2D eigenvalue weighted by Crippen LogP contribution is 2.35. The Morgan fingerprint density at radius 1 is 0.444 bits per heavy atom. The summed E-state index contributed by atoms with van der Waals surface area (Å²) in [6, 6.07) is 0. The van der Waals surface area contributed by atoms with E-state index in [0.717, 1.165) is 0 Å². The first-order chi connectivity index (χ1) is 21.0. The quantitative estimate of drug-likeness (QED) is 0.115. The smallest absolute Gasteiger partial charge is 0.335 e. The molecule has 0 spiro atoms. The summed E-state index contributed by atoms with van der Waals surface area (Å²) in [6.07, 6.45) is -38.3. The number of carboxylic acids is 2. The summed E-state index contributed by atoms with van der Waals surface area (Å²) in [5, 5.41) is 122. The fraction of sp³-hybridized carbons (Fsp3) is 0.917. The molecular weight excluding hydrogens is 624 g/mol. The van der Waals surface area contributed by atoms with Gasteiger partial charge in [0.2, 0.25) is 0 Å². The van der Waals surface area contributed by atoms with Crippen molar-refractivity contribution in [2.45, 2.75) is 137 Å². The fourth-order valence-electron chi connectivity index (χ4n) is 5.40. The molecule has 0 aromatic carbocycles. The summed E-state index contributed by atoms with van der Waals surface area (Å²) in [5.41, 5.74) is 0. The molecule has 0 radical (unpaired) electrons. The second kappa shape index (κ2) is 14.2. The van der Waals surface area contributed by atoms with Crippen LogP contribution in [0.4, 0.5) is 0 Å². The van der Waals surface area contributed by atoms with Crippen LogP contribution in [0, 0.1) is 0 Å². The average molecular weight is 663 g/mol. The predicted octanol–water partition coefficient (Wildman–Crippen LogP) is -7.51. The van der Waals surface area contributed by atoms with Crippen LogP contribution >= 0.6 is 0 Å². The SMILES string of the molecule is C[C@@H]1O[C@@H](O[C@@H]2[C@@H](O[C@@H]3O[C@H](C(=O)O)[C@H](O)[C@H](O)[C@H]3O)[C@@H](O[C@H]3O[C@H](C(=O)O)[C@H](O)[C@H](O)[C@H]3O)[C@H](O)O[C@H]2C)[C@@H](O)[C@H](O)[C@@H]1O. The fourth-order valence-corrected chi connectivity index (χ4v) is 5.40. The minimum absolute atomic E-state index is 1.10. The van der Waals surface area contributed by atoms with E-state index in [9.17, 15) is 70.9 Å². The third-order valence-corrected chi connectivity index (χ3v) is 8.05. The third kappa shape index (κ3) is 7.09. The number of hydrogen-bond acceptors (Lipinski definition) is 19. The van der Waals surface area contributed by atoms with Crippen molar-refractivity contribution in [2.75, 3.05) is 0 Å². The van der Waals surface area contributed by atoms with Gasteiger partial charge in [-0.25, -0.2) is 9.59 Å². The van der Waals surface area contributed by atoms with Crippen LogP contribution in [0.3, 0.4) is 0 Å². The van der Waals surface area contributed by atoms with E-state index in [4.69, 9.17) is 33.2 Å². The molecule has 260 valence electrons. The summed E-state index contributed by atoms with van der Waals surface area (Å²) in [6.45, 7) is 2.64. The van der Waals surface area contributed by atoms with Gasteiger partial charge in [-0.3, -0.25) is 0 Å². The van der Waals surface area contributed by atoms with E-state index in [-0.39, 0.29) is 0 Å². The number of hydrogen-bond donors (Lipinski definition) is 12. The topological polar surface area (TPSA) is 342 Å². The molecule has 4 rings (SSSR count). The lowest BCUT2D eigenvalue weighted by Gasteiger charge is -2.49. The zero-order valence-corrected chi connectivity index (χ0v) is 23.6. The Morgan fingerprint density at radius 2 is 0.822 bits per heavy atom. The van der Waals surface area contributed by atoms with Crippen LogP contribution in [0.2, 0.25) is 0 Å². The van der Waals surface area contributed by atoms with Crippen LogP contribution < -0.4 is 0 Å². The van der Waals surface area contributed by atoms with Gasteiger partial charge in [0.15, 0.2) is 37.4 Å². The molecule has 0 amide bonds. The van der Waals surface area contributed by atoms with E-state index >= 15 is 0 Å². The number of carboxylic acid groups (broad SMARTS) is 2. The number of aliphatic hydroxyl groups excluding tert-OH is 10. The molecule has 0 bridgehead atoms.